The van der Waals surface area contributed by atoms with Crippen molar-refractivity contribution in [2.45, 2.75) is 13.3 Å². The largest absolute Gasteiger partial charge is 0.573 e. The normalized spacial score (nSPS) is 11.2. The number of hydrogen-bond donors (Lipinski definition) is 0. The molecule has 0 aromatic heterocycles. The first-order valence-electron chi connectivity index (χ1n) is 5.90. The van der Waals surface area contributed by atoms with Gasteiger partial charge in [0.15, 0.2) is 0 Å². The lowest BCUT2D eigenvalue weighted by Crippen LogP contribution is -2.17. The summed E-state index contributed by atoms with van der Waals surface area (Å²) in [6, 6.07) is 11.3. The van der Waals surface area contributed by atoms with E-state index in [0.717, 1.165) is 5.56 Å². The quantitative estimate of drug-likeness (QED) is 0.821. The average Bonchev–Trinajstić information content (AvgIpc) is 2.36. The Labute approximate surface area is 114 Å². The lowest BCUT2D eigenvalue weighted by molar-refractivity contribution is -0.274. The maximum Gasteiger partial charge on any atom is 0.573 e. The van der Waals surface area contributed by atoms with Crippen molar-refractivity contribution in [2.24, 2.45) is 0 Å². The van der Waals surface area contributed by atoms with Gasteiger partial charge < -0.3 is 9.47 Å². The highest BCUT2D eigenvalue weighted by atomic mass is 19.4. The molecule has 0 unspecified atom stereocenters. The van der Waals surface area contributed by atoms with Crippen molar-refractivity contribution in [2.75, 3.05) is 7.11 Å². The molecule has 106 valence electrons. The van der Waals surface area contributed by atoms with E-state index in [-0.39, 0.29) is 5.75 Å². The number of alkyl halides is 3. The molecule has 5 heteroatoms. The Morgan fingerprint density at radius 2 is 1.75 bits per heavy atom. The molecular weight excluding hydrogens is 269 g/mol. The fourth-order valence-electron chi connectivity index (χ4n) is 1.90. The summed E-state index contributed by atoms with van der Waals surface area (Å²) in [4.78, 5) is 0. The van der Waals surface area contributed by atoms with E-state index in [4.69, 9.17) is 4.74 Å². The summed E-state index contributed by atoms with van der Waals surface area (Å²) in [5.41, 5.74) is 2.32. The molecule has 0 aliphatic rings. The van der Waals surface area contributed by atoms with Crippen LogP contribution in [0.2, 0.25) is 0 Å². The minimum absolute atomic E-state index is 0.252. The molecule has 20 heavy (non-hydrogen) atoms. The van der Waals surface area contributed by atoms with Crippen LogP contribution < -0.4 is 9.47 Å². The second kappa shape index (κ2) is 5.45. The van der Waals surface area contributed by atoms with Crippen molar-refractivity contribution in [3.05, 3.63) is 48.0 Å². The fourth-order valence-corrected chi connectivity index (χ4v) is 1.90. The number of aryl methyl sites for hydroxylation is 1. The smallest absolute Gasteiger partial charge is 0.496 e. The van der Waals surface area contributed by atoms with Crippen LogP contribution in [0.5, 0.6) is 11.5 Å². The standard InChI is InChI=1S/C15H13F3O2/c1-10-6-7-13(14(8-10)19-2)11-4-3-5-12(9-11)20-15(16,17)18/h3-9H,1-2H3. The fraction of sp³-hybridized carbons (Fsp3) is 0.200. The molecule has 2 nitrogen and oxygen atoms in total. The molecule has 0 N–H and O–H groups in total. The number of methoxy groups -OCH3 is 1. The minimum Gasteiger partial charge on any atom is -0.496 e. The maximum atomic E-state index is 12.2. The summed E-state index contributed by atoms with van der Waals surface area (Å²) in [6.45, 7) is 1.91. The van der Waals surface area contributed by atoms with Gasteiger partial charge in [-0.05, 0) is 36.2 Å². The second-order valence-corrected chi connectivity index (χ2v) is 4.28. The first-order chi connectivity index (χ1) is 9.39. The molecule has 0 saturated heterocycles. The molecule has 0 saturated carbocycles. The highest BCUT2D eigenvalue weighted by Gasteiger charge is 2.31. The van der Waals surface area contributed by atoms with Crippen LogP contribution in [0.4, 0.5) is 13.2 Å². The third-order valence-electron chi connectivity index (χ3n) is 2.74. The van der Waals surface area contributed by atoms with Crippen molar-refractivity contribution in [1.29, 1.82) is 0 Å². The molecule has 0 spiro atoms. The number of benzene rings is 2. The Kier molecular flexibility index (Phi) is 3.88. The van der Waals surface area contributed by atoms with E-state index in [0.29, 0.717) is 16.9 Å². The van der Waals surface area contributed by atoms with Crippen LogP contribution >= 0.6 is 0 Å². The summed E-state index contributed by atoms with van der Waals surface area (Å²) in [5, 5.41) is 0. The summed E-state index contributed by atoms with van der Waals surface area (Å²) in [6.07, 6.45) is -4.70. The number of ether oxygens (including phenoxy) is 2. The number of rotatable bonds is 3. The van der Waals surface area contributed by atoms with Crippen LogP contribution in [0.1, 0.15) is 5.56 Å². The van der Waals surface area contributed by atoms with Crippen molar-refractivity contribution in [3.63, 3.8) is 0 Å². The van der Waals surface area contributed by atoms with Gasteiger partial charge in [-0.1, -0.05) is 24.3 Å². The first-order valence-corrected chi connectivity index (χ1v) is 5.90. The summed E-state index contributed by atoms with van der Waals surface area (Å²) < 4.78 is 45.9. The molecule has 0 heterocycles. The zero-order valence-corrected chi connectivity index (χ0v) is 11.0. The van der Waals surface area contributed by atoms with Crippen LogP contribution in [0.15, 0.2) is 42.5 Å². The maximum absolute atomic E-state index is 12.2. The minimum atomic E-state index is -4.70. The molecule has 2 aromatic carbocycles. The predicted molar refractivity (Wildman–Crippen MR) is 69.9 cm³/mol. The molecule has 0 amide bonds. The summed E-state index contributed by atoms with van der Waals surface area (Å²) in [5.74, 6) is 0.354. The number of hydrogen-bond acceptors (Lipinski definition) is 2. The van der Waals surface area contributed by atoms with Gasteiger partial charge in [-0.3, -0.25) is 0 Å². The lowest BCUT2D eigenvalue weighted by Gasteiger charge is -2.12. The van der Waals surface area contributed by atoms with Crippen LogP contribution in [0, 0.1) is 6.92 Å². The third-order valence-corrected chi connectivity index (χ3v) is 2.74. The van der Waals surface area contributed by atoms with Crippen molar-refractivity contribution >= 4 is 0 Å². The van der Waals surface area contributed by atoms with Crippen LogP contribution in [-0.4, -0.2) is 13.5 Å². The topological polar surface area (TPSA) is 18.5 Å². The van der Waals surface area contributed by atoms with Gasteiger partial charge in [-0.25, -0.2) is 0 Å². The molecule has 0 radical (unpaired) electrons. The van der Waals surface area contributed by atoms with Crippen molar-refractivity contribution in [3.8, 4) is 22.6 Å². The Hall–Kier alpha value is -2.17. The van der Waals surface area contributed by atoms with Gasteiger partial charge in [0.05, 0.1) is 7.11 Å². The van der Waals surface area contributed by atoms with Crippen LogP contribution in [0.3, 0.4) is 0 Å². The molecule has 0 bridgehead atoms. The van der Waals surface area contributed by atoms with E-state index in [1.54, 1.807) is 12.1 Å². The van der Waals surface area contributed by atoms with E-state index in [9.17, 15) is 13.2 Å². The Morgan fingerprint density at radius 3 is 2.40 bits per heavy atom. The summed E-state index contributed by atoms with van der Waals surface area (Å²) >= 11 is 0. The van der Waals surface area contributed by atoms with Gasteiger partial charge in [-0.15, -0.1) is 13.2 Å². The molecule has 2 aromatic rings. The predicted octanol–water partition coefficient (Wildman–Crippen LogP) is 4.57. The van der Waals surface area contributed by atoms with Gasteiger partial charge in [0.25, 0.3) is 0 Å². The SMILES string of the molecule is COc1cc(C)ccc1-c1cccc(OC(F)(F)F)c1. The molecule has 0 aliphatic carbocycles. The monoisotopic (exact) mass is 282 g/mol. The summed E-state index contributed by atoms with van der Waals surface area (Å²) in [7, 11) is 1.52. The van der Waals surface area contributed by atoms with Crippen LogP contribution in [-0.2, 0) is 0 Å². The zero-order valence-electron chi connectivity index (χ0n) is 11.0. The Balaban J connectivity index is 2.41. The van der Waals surface area contributed by atoms with Crippen molar-refractivity contribution in [1.82, 2.24) is 0 Å². The molecule has 0 fully saturated rings. The Morgan fingerprint density at radius 1 is 1.00 bits per heavy atom. The molecule has 2 rings (SSSR count). The van der Waals surface area contributed by atoms with Gasteiger partial charge in [0, 0.05) is 5.56 Å². The van der Waals surface area contributed by atoms with E-state index in [1.165, 1.54) is 25.3 Å². The first kappa shape index (κ1) is 14.2. The number of halogens is 3. The second-order valence-electron chi connectivity index (χ2n) is 4.28. The Bertz CT molecular complexity index is 606. The third kappa shape index (κ3) is 3.44. The molecule has 0 atom stereocenters. The lowest BCUT2D eigenvalue weighted by atomic mass is 10.0. The average molecular weight is 282 g/mol. The van der Waals surface area contributed by atoms with Crippen molar-refractivity contribution < 1.29 is 22.6 Å². The van der Waals surface area contributed by atoms with Gasteiger partial charge in [0.2, 0.25) is 0 Å². The van der Waals surface area contributed by atoms with Gasteiger partial charge in [0.1, 0.15) is 11.5 Å². The van der Waals surface area contributed by atoms with Crippen LogP contribution in [0.25, 0.3) is 11.1 Å². The highest BCUT2D eigenvalue weighted by Crippen LogP contribution is 2.33. The van der Waals surface area contributed by atoms with E-state index in [2.05, 4.69) is 4.74 Å². The molecular formula is C15H13F3O2. The zero-order chi connectivity index (χ0) is 14.8. The van der Waals surface area contributed by atoms with E-state index in [1.807, 2.05) is 19.1 Å². The van der Waals surface area contributed by atoms with E-state index >= 15 is 0 Å². The highest BCUT2D eigenvalue weighted by molar-refractivity contribution is 5.72. The van der Waals surface area contributed by atoms with Gasteiger partial charge >= 0.3 is 6.36 Å². The molecule has 0 aliphatic heterocycles. The van der Waals surface area contributed by atoms with E-state index < -0.39 is 6.36 Å². The van der Waals surface area contributed by atoms with Gasteiger partial charge in [-0.2, -0.15) is 0 Å².